The standard InChI is InChI=1S/C34H47N3O7/c1-10-20-37(30(40)27(22(2)3)36-32(42)44-34(7,8)9)28(24-16-18-25(38)19-17-24)29(39)35-26(31(41)43-33(4,5)6)21-23-14-12-11-13-15-23/h10-19,22,26-28,38H,1,20-21H2,2-9H3,(H,35,39)(H,36,42). The van der Waals surface area contributed by atoms with Gasteiger partial charge in [-0.15, -0.1) is 6.58 Å². The number of hydrogen-bond acceptors (Lipinski definition) is 7. The van der Waals surface area contributed by atoms with Crippen LogP contribution in [0.1, 0.15) is 72.6 Å². The summed E-state index contributed by atoms with van der Waals surface area (Å²) in [5.74, 6) is -2.25. The van der Waals surface area contributed by atoms with E-state index in [1.54, 1.807) is 55.4 Å². The van der Waals surface area contributed by atoms with Crippen LogP contribution in [-0.2, 0) is 30.3 Å². The van der Waals surface area contributed by atoms with Crippen LogP contribution in [0.2, 0.25) is 0 Å². The monoisotopic (exact) mass is 609 g/mol. The molecule has 0 aromatic heterocycles. The average Bonchev–Trinajstić information content (AvgIpc) is 2.90. The van der Waals surface area contributed by atoms with Gasteiger partial charge in [-0.2, -0.15) is 0 Å². The van der Waals surface area contributed by atoms with Crippen molar-refractivity contribution in [3.05, 3.63) is 78.4 Å². The lowest BCUT2D eigenvalue weighted by Crippen LogP contribution is -2.56. The van der Waals surface area contributed by atoms with Crippen LogP contribution >= 0.6 is 0 Å². The fourth-order valence-corrected chi connectivity index (χ4v) is 4.38. The van der Waals surface area contributed by atoms with Gasteiger partial charge in [0.2, 0.25) is 11.8 Å². The summed E-state index contributed by atoms with van der Waals surface area (Å²) in [6.07, 6.45) is 0.842. The zero-order valence-corrected chi connectivity index (χ0v) is 27.0. The predicted molar refractivity (Wildman–Crippen MR) is 169 cm³/mol. The van der Waals surface area contributed by atoms with E-state index >= 15 is 0 Å². The molecule has 3 amide bonds. The van der Waals surface area contributed by atoms with Crippen LogP contribution < -0.4 is 10.6 Å². The summed E-state index contributed by atoms with van der Waals surface area (Å²) >= 11 is 0. The Morgan fingerprint density at radius 1 is 0.886 bits per heavy atom. The molecule has 2 aromatic rings. The van der Waals surface area contributed by atoms with Crippen molar-refractivity contribution < 1.29 is 33.8 Å². The van der Waals surface area contributed by atoms with Gasteiger partial charge in [0.15, 0.2) is 0 Å². The summed E-state index contributed by atoms with van der Waals surface area (Å²) in [6, 6.07) is 11.6. The van der Waals surface area contributed by atoms with Crippen LogP contribution in [0.15, 0.2) is 67.3 Å². The molecule has 44 heavy (non-hydrogen) atoms. The van der Waals surface area contributed by atoms with Gasteiger partial charge in [-0.3, -0.25) is 9.59 Å². The van der Waals surface area contributed by atoms with Crippen LogP contribution in [0, 0.1) is 5.92 Å². The highest BCUT2D eigenvalue weighted by atomic mass is 16.6. The maximum Gasteiger partial charge on any atom is 0.408 e. The maximum absolute atomic E-state index is 14.2. The first-order valence-corrected chi connectivity index (χ1v) is 14.7. The minimum Gasteiger partial charge on any atom is -0.508 e. The lowest BCUT2D eigenvalue weighted by molar-refractivity contribution is -0.159. The van der Waals surface area contributed by atoms with E-state index in [1.807, 2.05) is 30.3 Å². The molecule has 0 heterocycles. The Kier molecular flexibility index (Phi) is 12.6. The van der Waals surface area contributed by atoms with E-state index in [1.165, 1.54) is 35.2 Å². The Morgan fingerprint density at radius 3 is 1.95 bits per heavy atom. The van der Waals surface area contributed by atoms with E-state index in [0.717, 1.165) is 5.56 Å². The molecule has 10 heteroatoms. The normalized spacial score (nSPS) is 13.7. The zero-order chi connectivity index (χ0) is 33.2. The molecule has 0 saturated carbocycles. The third-order valence-electron chi connectivity index (χ3n) is 6.27. The van der Waals surface area contributed by atoms with Crippen LogP contribution in [0.25, 0.3) is 0 Å². The highest BCUT2D eigenvalue weighted by Gasteiger charge is 2.39. The second kappa shape index (κ2) is 15.4. The largest absolute Gasteiger partial charge is 0.508 e. The van der Waals surface area contributed by atoms with E-state index in [0.29, 0.717) is 5.56 Å². The summed E-state index contributed by atoms with van der Waals surface area (Å²) in [5, 5.41) is 15.4. The van der Waals surface area contributed by atoms with Gasteiger partial charge in [0.25, 0.3) is 0 Å². The van der Waals surface area contributed by atoms with Crippen molar-refractivity contribution >= 4 is 23.9 Å². The minimum absolute atomic E-state index is 0.0307. The minimum atomic E-state index is -1.26. The van der Waals surface area contributed by atoms with Crippen LogP contribution in [0.5, 0.6) is 5.75 Å². The smallest absolute Gasteiger partial charge is 0.408 e. The van der Waals surface area contributed by atoms with Crippen molar-refractivity contribution in [3.8, 4) is 5.75 Å². The Hall–Kier alpha value is -4.34. The van der Waals surface area contributed by atoms with Crippen LogP contribution in [0.3, 0.4) is 0 Å². The summed E-state index contributed by atoms with van der Waals surface area (Å²) in [4.78, 5) is 55.7. The number of hydrogen-bond donors (Lipinski definition) is 3. The van der Waals surface area contributed by atoms with Gasteiger partial charge < -0.3 is 30.1 Å². The average molecular weight is 610 g/mol. The molecule has 0 saturated heterocycles. The van der Waals surface area contributed by atoms with Crippen molar-refractivity contribution in [2.75, 3.05) is 6.54 Å². The number of phenolic OH excluding ortho intramolecular Hbond substituents is 1. The molecule has 3 atom stereocenters. The molecule has 10 nitrogen and oxygen atoms in total. The quantitative estimate of drug-likeness (QED) is 0.226. The van der Waals surface area contributed by atoms with E-state index in [-0.39, 0.29) is 24.6 Å². The van der Waals surface area contributed by atoms with Crippen molar-refractivity contribution in [1.82, 2.24) is 15.5 Å². The van der Waals surface area contributed by atoms with Gasteiger partial charge in [0.05, 0.1) is 0 Å². The van der Waals surface area contributed by atoms with Crippen LogP contribution in [-0.4, -0.2) is 63.7 Å². The molecule has 240 valence electrons. The van der Waals surface area contributed by atoms with Crippen molar-refractivity contribution in [2.24, 2.45) is 5.92 Å². The van der Waals surface area contributed by atoms with E-state index in [4.69, 9.17) is 9.47 Å². The first-order chi connectivity index (χ1) is 20.4. The van der Waals surface area contributed by atoms with Gasteiger partial charge in [0.1, 0.15) is 35.1 Å². The van der Waals surface area contributed by atoms with E-state index in [2.05, 4.69) is 17.2 Å². The third kappa shape index (κ3) is 11.4. The van der Waals surface area contributed by atoms with Gasteiger partial charge in [-0.05, 0) is 70.7 Å². The molecule has 0 aliphatic carbocycles. The molecule has 0 spiro atoms. The number of amides is 3. The number of carbonyl (C=O) groups is 4. The molecule has 2 aromatic carbocycles. The lowest BCUT2D eigenvalue weighted by Gasteiger charge is -2.35. The molecule has 3 unspecified atom stereocenters. The fourth-order valence-electron chi connectivity index (χ4n) is 4.38. The summed E-state index contributed by atoms with van der Waals surface area (Å²) in [6.45, 7) is 17.6. The van der Waals surface area contributed by atoms with Gasteiger partial charge in [0, 0.05) is 13.0 Å². The van der Waals surface area contributed by atoms with Crippen molar-refractivity contribution in [1.29, 1.82) is 0 Å². The summed E-state index contributed by atoms with van der Waals surface area (Å²) < 4.78 is 11.0. The van der Waals surface area contributed by atoms with E-state index in [9.17, 15) is 24.3 Å². The SMILES string of the molecule is C=CCN(C(=O)C(NC(=O)OC(C)(C)C)C(C)C)C(C(=O)NC(Cc1ccccc1)C(=O)OC(C)(C)C)c1ccc(O)cc1. The van der Waals surface area contributed by atoms with Gasteiger partial charge in [-0.25, -0.2) is 9.59 Å². The van der Waals surface area contributed by atoms with Gasteiger partial charge >= 0.3 is 12.1 Å². The molecule has 0 radical (unpaired) electrons. The third-order valence-corrected chi connectivity index (χ3v) is 6.27. The van der Waals surface area contributed by atoms with Gasteiger partial charge in [-0.1, -0.05) is 62.4 Å². The molecule has 0 fully saturated rings. The van der Waals surface area contributed by atoms with Crippen LogP contribution in [0.4, 0.5) is 4.79 Å². The lowest BCUT2D eigenvalue weighted by atomic mass is 9.98. The number of aromatic hydroxyl groups is 1. The first kappa shape index (κ1) is 35.9. The number of benzene rings is 2. The topological polar surface area (TPSA) is 134 Å². The van der Waals surface area contributed by atoms with E-state index < -0.39 is 53.2 Å². The number of nitrogens with one attached hydrogen (secondary N) is 2. The fraction of sp³-hybridized carbons (Fsp3) is 0.471. The second-order valence-electron chi connectivity index (χ2n) is 12.9. The zero-order valence-electron chi connectivity index (χ0n) is 27.0. The Balaban J connectivity index is 2.56. The maximum atomic E-state index is 14.2. The molecular formula is C34H47N3O7. The molecule has 0 bridgehead atoms. The van der Waals surface area contributed by atoms with Crippen molar-refractivity contribution in [2.45, 2.75) is 91.1 Å². The highest BCUT2D eigenvalue weighted by Crippen LogP contribution is 2.26. The number of ether oxygens (including phenoxy) is 2. The Bertz CT molecular complexity index is 1280. The number of carbonyl (C=O) groups excluding carboxylic acids is 4. The summed E-state index contributed by atoms with van der Waals surface area (Å²) in [5.41, 5.74) is -0.432. The number of nitrogens with zero attached hydrogens (tertiary/aromatic N) is 1. The summed E-state index contributed by atoms with van der Waals surface area (Å²) in [7, 11) is 0. The number of alkyl carbamates (subject to hydrolysis) is 1. The molecular weight excluding hydrogens is 562 g/mol. The molecule has 0 aliphatic rings. The first-order valence-electron chi connectivity index (χ1n) is 14.7. The molecule has 3 N–H and O–H groups in total. The van der Waals surface area contributed by atoms with Crippen molar-refractivity contribution in [3.63, 3.8) is 0 Å². The number of rotatable bonds is 12. The Labute approximate surface area is 260 Å². The molecule has 2 rings (SSSR count). The Morgan fingerprint density at radius 2 is 1.45 bits per heavy atom. The highest BCUT2D eigenvalue weighted by molar-refractivity contribution is 5.94. The number of phenols is 1. The second-order valence-corrected chi connectivity index (χ2v) is 12.9. The number of esters is 1. The molecule has 0 aliphatic heterocycles. The predicted octanol–water partition coefficient (Wildman–Crippen LogP) is 5.07.